The number of piperidine rings is 1. The van der Waals surface area contributed by atoms with Gasteiger partial charge < -0.3 is 25.2 Å². The first-order chi connectivity index (χ1) is 18.6. The van der Waals surface area contributed by atoms with E-state index in [2.05, 4.69) is 20.3 Å². The molecular formula is C22H22F7N5O6. The molecule has 11 nitrogen and oxygen atoms in total. The number of carbonyl (C=O) groups is 3. The lowest BCUT2D eigenvalue weighted by atomic mass is 9.92. The molecule has 40 heavy (non-hydrogen) atoms. The number of halogens is 7. The van der Waals surface area contributed by atoms with E-state index in [1.165, 1.54) is 12.4 Å². The number of pyridine rings is 1. The van der Waals surface area contributed by atoms with E-state index in [4.69, 9.17) is 24.5 Å². The van der Waals surface area contributed by atoms with Crippen LogP contribution in [0.1, 0.15) is 18.4 Å². The molecule has 18 heteroatoms. The third-order valence-corrected chi connectivity index (χ3v) is 5.41. The Bertz CT molecular complexity index is 1110. The second kappa shape index (κ2) is 13.8. The number of hydrogen-bond donors (Lipinski definition) is 3. The van der Waals surface area contributed by atoms with E-state index < -0.39 is 36.2 Å². The molecule has 1 amide bonds. The number of hydrogen-bond acceptors (Lipinski definition) is 8. The van der Waals surface area contributed by atoms with Crippen LogP contribution in [0.15, 0.2) is 36.9 Å². The predicted octanol–water partition coefficient (Wildman–Crippen LogP) is 2.58. The Balaban J connectivity index is 0.000000333. The smallest absolute Gasteiger partial charge is 0.475 e. The standard InChI is InChI=1S/C18H20FN5O2.2C2HF3O2/c19-14-9-22-18(23-10-14)24-5-3-13-6-15(26-16(13)11-24)17(25)21-8-12-2-1-4-20-7-12;2*3-2(4,5)1(6)7/h1-2,4,7,9-10,13,15-16H,3,5-6,8,11H2,(H,21,25);2*(H,6,7)/t13-,15-,16-;;/m0../s1. The summed E-state index contributed by atoms with van der Waals surface area (Å²) in [6.07, 6.45) is -3.25. The number of fused-ring (bicyclic) bond motifs is 1. The molecule has 0 saturated carbocycles. The molecule has 0 aromatic carbocycles. The number of rotatable bonds is 4. The maximum absolute atomic E-state index is 13.0. The van der Waals surface area contributed by atoms with E-state index in [0.29, 0.717) is 25.0 Å². The lowest BCUT2D eigenvalue weighted by Gasteiger charge is -2.33. The van der Waals surface area contributed by atoms with Gasteiger partial charge in [0.2, 0.25) is 11.9 Å². The molecule has 3 N–H and O–H groups in total. The first-order valence-corrected chi connectivity index (χ1v) is 11.2. The summed E-state index contributed by atoms with van der Waals surface area (Å²) in [5.74, 6) is -5.21. The maximum Gasteiger partial charge on any atom is 0.490 e. The molecular weight excluding hydrogens is 563 g/mol. The van der Waals surface area contributed by atoms with Gasteiger partial charge in [0, 0.05) is 32.0 Å². The first-order valence-electron chi connectivity index (χ1n) is 11.2. The zero-order chi connectivity index (χ0) is 30.1. The molecule has 2 saturated heterocycles. The van der Waals surface area contributed by atoms with E-state index in [1.54, 1.807) is 12.4 Å². The largest absolute Gasteiger partial charge is 0.490 e. The fourth-order valence-corrected chi connectivity index (χ4v) is 3.56. The van der Waals surface area contributed by atoms with Crippen LogP contribution in [0, 0.1) is 11.7 Å². The molecule has 220 valence electrons. The molecule has 2 fully saturated rings. The van der Waals surface area contributed by atoms with Gasteiger partial charge in [-0.15, -0.1) is 0 Å². The Morgan fingerprint density at radius 2 is 1.60 bits per heavy atom. The lowest BCUT2D eigenvalue weighted by Crippen LogP contribution is -2.43. The van der Waals surface area contributed by atoms with Gasteiger partial charge in [0.25, 0.3) is 0 Å². The number of nitrogens with one attached hydrogen (secondary N) is 1. The molecule has 2 aliphatic heterocycles. The van der Waals surface area contributed by atoms with Crippen LogP contribution in [0.5, 0.6) is 0 Å². The van der Waals surface area contributed by atoms with Crippen LogP contribution in [-0.4, -0.2) is 80.7 Å². The molecule has 0 bridgehead atoms. The molecule has 0 unspecified atom stereocenters. The average Bonchev–Trinajstić information content (AvgIpc) is 3.32. The first kappa shape index (κ1) is 32.1. The normalized spacial score (nSPS) is 20.2. The van der Waals surface area contributed by atoms with Crippen molar-refractivity contribution in [3.05, 3.63) is 48.3 Å². The minimum Gasteiger partial charge on any atom is -0.475 e. The van der Waals surface area contributed by atoms with Gasteiger partial charge in [-0.2, -0.15) is 26.3 Å². The summed E-state index contributed by atoms with van der Waals surface area (Å²) in [7, 11) is 0. The number of carbonyl (C=O) groups excluding carboxylic acids is 1. The summed E-state index contributed by atoms with van der Waals surface area (Å²) in [5.41, 5.74) is 0.955. The van der Waals surface area contributed by atoms with Crippen molar-refractivity contribution in [3.8, 4) is 0 Å². The second-order valence-corrected chi connectivity index (χ2v) is 8.28. The number of anilines is 1. The molecule has 2 aromatic heterocycles. The Morgan fingerprint density at radius 3 is 2.10 bits per heavy atom. The van der Waals surface area contributed by atoms with Crippen LogP contribution in [0.2, 0.25) is 0 Å². The number of aliphatic carboxylic acids is 2. The van der Waals surface area contributed by atoms with E-state index in [1.807, 2.05) is 17.0 Å². The van der Waals surface area contributed by atoms with E-state index in [9.17, 15) is 35.5 Å². The van der Waals surface area contributed by atoms with Gasteiger partial charge >= 0.3 is 24.3 Å². The third kappa shape index (κ3) is 10.2. The quantitative estimate of drug-likeness (QED) is 0.456. The van der Waals surface area contributed by atoms with Crippen molar-refractivity contribution in [2.75, 3.05) is 18.0 Å². The summed E-state index contributed by atoms with van der Waals surface area (Å²) < 4.78 is 82.5. The van der Waals surface area contributed by atoms with Crippen molar-refractivity contribution < 1.29 is 60.1 Å². The van der Waals surface area contributed by atoms with Gasteiger partial charge in [0.05, 0.1) is 18.5 Å². The van der Waals surface area contributed by atoms with Gasteiger partial charge in [0.15, 0.2) is 5.82 Å². The SMILES string of the molecule is O=C(NCc1cccnc1)[C@@H]1C[C@@H]2CCN(c3ncc(F)cn3)C[C@@H]2O1.O=C(O)C(F)(F)F.O=C(O)C(F)(F)F. The molecule has 3 atom stereocenters. The fraction of sp³-hybridized carbons (Fsp3) is 0.455. The maximum atomic E-state index is 13.0. The van der Waals surface area contributed by atoms with Crippen LogP contribution in [0.3, 0.4) is 0 Å². The molecule has 2 aromatic rings. The van der Waals surface area contributed by atoms with Gasteiger partial charge in [-0.25, -0.2) is 23.9 Å². The van der Waals surface area contributed by atoms with Crippen molar-refractivity contribution >= 4 is 23.8 Å². The highest BCUT2D eigenvalue weighted by Gasteiger charge is 2.42. The van der Waals surface area contributed by atoms with Crippen molar-refractivity contribution in [3.63, 3.8) is 0 Å². The van der Waals surface area contributed by atoms with E-state index >= 15 is 0 Å². The highest BCUT2D eigenvalue weighted by molar-refractivity contribution is 5.81. The average molecular weight is 585 g/mol. The van der Waals surface area contributed by atoms with Crippen LogP contribution in [-0.2, 0) is 25.7 Å². The lowest BCUT2D eigenvalue weighted by molar-refractivity contribution is -0.193. The number of amides is 1. The molecule has 2 aliphatic rings. The minimum absolute atomic E-state index is 0.0356. The molecule has 0 aliphatic carbocycles. The number of aromatic nitrogens is 3. The number of ether oxygens (including phenoxy) is 1. The summed E-state index contributed by atoms with van der Waals surface area (Å²) in [6, 6.07) is 3.76. The number of alkyl halides is 6. The molecule has 4 rings (SSSR count). The fourth-order valence-electron chi connectivity index (χ4n) is 3.56. The van der Waals surface area contributed by atoms with Crippen molar-refractivity contribution in [1.82, 2.24) is 20.3 Å². The number of carboxylic acid groups (broad SMARTS) is 2. The van der Waals surface area contributed by atoms with Gasteiger partial charge in [-0.3, -0.25) is 9.78 Å². The monoisotopic (exact) mass is 585 g/mol. The highest BCUT2D eigenvalue weighted by Crippen LogP contribution is 2.34. The van der Waals surface area contributed by atoms with Crippen molar-refractivity contribution in [1.29, 1.82) is 0 Å². The highest BCUT2D eigenvalue weighted by atomic mass is 19.4. The molecule has 0 radical (unpaired) electrons. The molecule has 0 spiro atoms. The van der Waals surface area contributed by atoms with E-state index in [0.717, 1.165) is 24.9 Å². The number of nitrogens with zero attached hydrogens (tertiary/aromatic N) is 4. The third-order valence-electron chi connectivity index (χ3n) is 5.41. The summed E-state index contributed by atoms with van der Waals surface area (Å²) >= 11 is 0. The number of carboxylic acids is 2. The topological polar surface area (TPSA) is 155 Å². The van der Waals surface area contributed by atoms with Crippen LogP contribution in [0.4, 0.5) is 36.7 Å². The minimum atomic E-state index is -5.08. The van der Waals surface area contributed by atoms with Crippen LogP contribution >= 0.6 is 0 Å². The summed E-state index contributed by atoms with van der Waals surface area (Å²) in [6.45, 7) is 1.83. The van der Waals surface area contributed by atoms with Gasteiger partial charge in [0.1, 0.15) is 6.10 Å². The van der Waals surface area contributed by atoms with Crippen molar-refractivity contribution in [2.45, 2.75) is 43.9 Å². The summed E-state index contributed by atoms with van der Waals surface area (Å²) in [5, 5.41) is 17.2. The zero-order valence-corrected chi connectivity index (χ0v) is 20.2. The van der Waals surface area contributed by atoms with Gasteiger partial charge in [-0.05, 0) is 30.4 Å². The van der Waals surface area contributed by atoms with Gasteiger partial charge in [-0.1, -0.05) is 6.07 Å². The zero-order valence-electron chi connectivity index (χ0n) is 20.2. The van der Waals surface area contributed by atoms with E-state index in [-0.39, 0.29) is 12.0 Å². The Morgan fingerprint density at radius 1 is 1.02 bits per heavy atom. The van der Waals surface area contributed by atoms with Crippen LogP contribution in [0.25, 0.3) is 0 Å². The Kier molecular flexibility index (Phi) is 11.1. The molecule has 4 heterocycles. The second-order valence-electron chi connectivity index (χ2n) is 8.28. The van der Waals surface area contributed by atoms with Crippen LogP contribution < -0.4 is 10.2 Å². The van der Waals surface area contributed by atoms with Crippen molar-refractivity contribution in [2.24, 2.45) is 5.92 Å². The Labute approximate surface area is 221 Å². The summed E-state index contributed by atoms with van der Waals surface area (Å²) in [4.78, 5) is 44.3. The predicted molar refractivity (Wildman–Crippen MR) is 119 cm³/mol. The Hall–Kier alpha value is -4.09.